The molecule has 1 atom stereocenters. The van der Waals surface area contributed by atoms with E-state index in [0.29, 0.717) is 13.0 Å². The van der Waals surface area contributed by atoms with E-state index in [4.69, 9.17) is 16.3 Å². The van der Waals surface area contributed by atoms with Gasteiger partial charge in [-0.1, -0.05) is 117 Å². The second-order valence-electron chi connectivity index (χ2n) is 8.09. The maximum atomic E-state index is 11.5. The molecule has 0 aliphatic carbocycles. The first-order valence-corrected chi connectivity index (χ1v) is 12.4. The van der Waals surface area contributed by atoms with Crippen molar-refractivity contribution in [3.05, 3.63) is 0 Å². The molecule has 0 bridgehead atoms. The molecule has 0 N–H and O–H groups in total. The van der Waals surface area contributed by atoms with Gasteiger partial charge in [0.05, 0.1) is 13.0 Å². The van der Waals surface area contributed by atoms with Gasteiger partial charge in [0.15, 0.2) is 0 Å². The molecule has 3 heteroatoms. The Balaban J connectivity index is 3.10. The highest BCUT2D eigenvalue weighted by atomic mass is 35.5. The van der Waals surface area contributed by atoms with Gasteiger partial charge in [-0.15, -0.1) is 11.6 Å². The summed E-state index contributed by atoms with van der Waals surface area (Å²) < 4.78 is 5.22. The quantitative estimate of drug-likeness (QED) is 0.109. The van der Waals surface area contributed by atoms with E-state index >= 15 is 0 Å². The van der Waals surface area contributed by atoms with E-state index in [9.17, 15) is 4.79 Å². The first kappa shape index (κ1) is 26.8. The highest BCUT2D eigenvalue weighted by Crippen LogP contribution is 2.14. The van der Waals surface area contributed by atoms with E-state index in [1.165, 1.54) is 103 Å². The standard InChI is InChI=1S/C24H47ClO2/c1-3-5-6-7-8-9-10-11-12-13-14-15-16-17-18-19-20-21-27-24(26)22-23(25)4-2/h23H,3-22H2,1-2H3. The Morgan fingerprint density at radius 1 is 0.667 bits per heavy atom. The third-order valence-corrected chi connectivity index (χ3v) is 5.80. The van der Waals surface area contributed by atoms with E-state index in [1.54, 1.807) is 0 Å². The van der Waals surface area contributed by atoms with Crippen molar-refractivity contribution in [2.24, 2.45) is 0 Å². The average Bonchev–Trinajstić information content (AvgIpc) is 2.66. The number of esters is 1. The van der Waals surface area contributed by atoms with Crippen LogP contribution in [-0.2, 0) is 9.53 Å². The second-order valence-corrected chi connectivity index (χ2v) is 8.70. The molecule has 162 valence electrons. The zero-order chi connectivity index (χ0) is 20.0. The molecular formula is C24H47ClO2. The van der Waals surface area contributed by atoms with Gasteiger partial charge in [-0.2, -0.15) is 0 Å². The van der Waals surface area contributed by atoms with Crippen LogP contribution in [0.4, 0.5) is 0 Å². The summed E-state index contributed by atoms with van der Waals surface area (Å²) in [6.45, 7) is 4.83. The van der Waals surface area contributed by atoms with Gasteiger partial charge in [-0.3, -0.25) is 4.79 Å². The van der Waals surface area contributed by atoms with Crippen LogP contribution in [-0.4, -0.2) is 18.0 Å². The summed E-state index contributed by atoms with van der Waals surface area (Å²) >= 11 is 5.95. The summed E-state index contributed by atoms with van der Waals surface area (Å²) in [7, 11) is 0. The third-order valence-electron chi connectivity index (χ3n) is 5.34. The monoisotopic (exact) mass is 402 g/mol. The lowest BCUT2D eigenvalue weighted by Crippen LogP contribution is -2.11. The van der Waals surface area contributed by atoms with E-state index in [0.717, 1.165) is 12.8 Å². The molecule has 1 unspecified atom stereocenters. The number of hydrogen-bond donors (Lipinski definition) is 0. The normalized spacial score (nSPS) is 12.3. The fraction of sp³-hybridized carbons (Fsp3) is 0.958. The van der Waals surface area contributed by atoms with Crippen molar-refractivity contribution < 1.29 is 9.53 Å². The second kappa shape index (κ2) is 22.1. The largest absolute Gasteiger partial charge is 0.466 e. The molecule has 0 heterocycles. The molecule has 0 amide bonds. The number of carbonyl (C=O) groups is 1. The number of alkyl halides is 1. The van der Waals surface area contributed by atoms with Crippen LogP contribution >= 0.6 is 11.6 Å². The van der Waals surface area contributed by atoms with Crippen molar-refractivity contribution in [2.45, 2.75) is 141 Å². The Morgan fingerprint density at radius 2 is 1.04 bits per heavy atom. The van der Waals surface area contributed by atoms with Crippen LogP contribution in [0, 0.1) is 0 Å². The third kappa shape index (κ3) is 21.9. The molecule has 0 saturated carbocycles. The minimum atomic E-state index is -0.145. The Hall–Kier alpha value is -0.240. The molecule has 0 spiro atoms. The molecule has 27 heavy (non-hydrogen) atoms. The summed E-state index contributed by atoms with van der Waals surface area (Å²) in [5.41, 5.74) is 0. The van der Waals surface area contributed by atoms with Crippen molar-refractivity contribution in [2.75, 3.05) is 6.61 Å². The van der Waals surface area contributed by atoms with Crippen LogP contribution in [0.3, 0.4) is 0 Å². The van der Waals surface area contributed by atoms with Crippen molar-refractivity contribution in [3.63, 3.8) is 0 Å². The molecule has 0 fully saturated rings. The number of ether oxygens (including phenoxy) is 1. The van der Waals surface area contributed by atoms with E-state index in [2.05, 4.69) is 6.92 Å². The lowest BCUT2D eigenvalue weighted by molar-refractivity contribution is -0.143. The van der Waals surface area contributed by atoms with Gasteiger partial charge in [-0.25, -0.2) is 0 Å². The Bertz CT molecular complexity index is 307. The predicted octanol–water partition coefficient (Wildman–Crippen LogP) is 8.59. The number of hydrogen-bond acceptors (Lipinski definition) is 2. The van der Waals surface area contributed by atoms with Crippen molar-refractivity contribution >= 4 is 17.6 Å². The molecule has 0 aliphatic rings. The summed E-state index contributed by atoms with van der Waals surface area (Å²) in [4.78, 5) is 11.5. The summed E-state index contributed by atoms with van der Waals surface area (Å²) in [6.07, 6.45) is 24.4. The van der Waals surface area contributed by atoms with E-state index < -0.39 is 0 Å². The molecule has 0 aromatic carbocycles. The van der Waals surface area contributed by atoms with Crippen molar-refractivity contribution in [3.8, 4) is 0 Å². The topological polar surface area (TPSA) is 26.3 Å². The maximum Gasteiger partial charge on any atom is 0.307 e. The molecule has 0 rings (SSSR count). The van der Waals surface area contributed by atoms with Gasteiger partial charge in [-0.05, 0) is 12.8 Å². The van der Waals surface area contributed by atoms with Gasteiger partial charge in [0, 0.05) is 5.38 Å². The fourth-order valence-corrected chi connectivity index (χ4v) is 3.52. The molecule has 0 aromatic rings. The zero-order valence-corrected chi connectivity index (χ0v) is 19.2. The van der Waals surface area contributed by atoms with Crippen LogP contribution < -0.4 is 0 Å². The van der Waals surface area contributed by atoms with Crippen LogP contribution in [0.2, 0.25) is 0 Å². The van der Waals surface area contributed by atoms with Crippen molar-refractivity contribution in [1.29, 1.82) is 0 Å². The van der Waals surface area contributed by atoms with Crippen LogP contribution in [0.25, 0.3) is 0 Å². The lowest BCUT2D eigenvalue weighted by atomic mass is 10.0. The van der Waals surface area contributed by atoms with E-state index in [1.807, 2.05) is 6.92 Å². The smallest absolute Gasteiger partial charge is 0.307 e. The first-order valence-electron chi connectivity index (χ1n) is 12.0. The van der Waals surface area contributed by atoms with Crippen LogP contribution in [0.15, 0.2) is 0 Å². The summed E-state index contributed by atoms with van der Waals surface area (Å²) in [5, 5.41) is -0.0759. The summed E-state index contributed by atoms with van der Waals surface area (Å²) in [6, 6.07) is 0. The number of halogens is 1. The number of unbranched alkanes of at least 4 members (excludes halogenated alkanes) is 16. The summed E-state index contributed by atoms with van der Waals surface area (Å²) in [5.74, 6) is -0.145. The molecule has 0 aromatic heterocycles. The van der Waals surface area contributed by atoms with E-state index in [-0.39, 0.29) is 11.3 Å². The highest BCUT2D eigenvalue weighted by molar-refractivity contribution is 6.21. The average molecular weight is 403 g/mol. The molecule has 0 radical (unpaired) electrons. The molecular weight excluding hydrogens is 356 g/mol. The van der Waals surface area contributed by atoms with Gasteiger partial charge in [0.1, 0.15) is 0 Å². The van der Waals surface area contributed by atoms with Gasteiger partial charge < -0.3 is 4.74 Å². The Morgan fingerprint density at radius 3 is 1.41 bits per heavy atom. The van der Waals surface area contributed by atoms with Gasteiger partial charge in [0.25, 0.3) is 0 Å². The minimum absolute atomic E-state index is 0.0759. The first-order chi connectivity index (χ1) is 13.2. The fourth-order valence-electron chi connectivity index (χ4n) is 3.40. The highest BCUT2D eigenvalue weighted by Gasteiger charge is 2.09. The number of carbonyl (C=O) groups excluding carboxylic acids is 1. The van der Waals surface area contributed by atoms with Crippen LogP contribution in [0.5, 0.6) is 0 Å². The molecule has 0 aliphatic heterocycles. The number of rotatable bonds is 21. The SMILES string of the molecule is CCCCCCCCCCCCCCCCCCCOC(=O)CC(Cl)CC. The predicted molar refractivity (Wildman–Crippen MR) is 120 cm³/mol. The Labute approximate surface area is 175 Å². The van der Waals surface area contributed by atoms with Crippen molar-refractivity contribution in [1.82, 2.24) is 0 Å². The molecule has 2 nitrogen and oxygen atoms in total. The maximum absolute atomic E-state index is 11.5. The molecule has 0 saturated heterocycles. The lowest BCUT2D eigenvalue weighted by Gasteiger charge is -2.07. The van der Waals surface area contributed by atoms with Gasteiger partial charge in [0.2, 0.25) is 0 Å². The van der Waals surface area contributed by atoms with Crippen LogP contribution in [0.1, 0.15) is 136 Å². The Kier molecular flexibility index (Phi) is 21.9. The minimum Gasteiger partial charge on any atom is -0.466 e. The van der Waals surface area contributed by atoms with Gasteiger partial charge >= 0.3 is 5.97 Å². The zero-order valence-electron chi connectivity index (χ0n) is 18.4.